The number of carbonyl (C=O) groups excluding carboxylic acids is 1. The van der Waals surface area contributed by atoms with E-state index in [2.05, 4.69) is 35.0 Å². The van der Waals surface area contributed by atoms with Crippen molar-refractivity contribution in [2.45, 2.75) is 39.8 Å². The molecule has 0 aliphatic rings. The molecule has 0 saturated heterocycles. The third-order valence-corrected chi connectivity index (χ3v) is 3.03. The minimum atomic E-state index is 0.113. The van der Waals surface area contributed by atoms with Crippen LogP contribution in [0.1, 0.15) is 26.0 Å². The minimum absolute atomic E-state index is 0.113. The van der Waals surface area contributed by atoms with Crippen molar-refractivity contribution in [3.63, 3.8) is 0 Å². The zero-order valence-corrected chi connectivity index (χ0v) is 11.2. The molecule has 18 heavy (non-hydrogen) atoms. The van der Waals surface area contributed by atoms with Gasteiger partial charge in [0.15, 0.2) is 0 Å². The number of hydrogen-bond acceptors (Lipinski definition) is 1. The Morgan fingerprint density at radius 3 is 2.78 bits per heavy atom. The monoisotopic (exact) mass is 244 g/mol. The predicted molar refractivity (Wildman–Crippen MR) is 74.6 cm³/mol. The molecule has 1 heterocycles. The number of benzene rings is 1. The van der Waals surface area contributed by atoms with Gasteiger partial charge in [0, 0.05) is 30.2 Å². The van der Waals surface area contributed by atoms with Crippen LogP contribution in [0.3, 0.4) is 0 Å². The minimum Gasteiger partial charge on any atom is -0.354 e. The van der Waals surface area contributed by atoms with Crippen LogP contribution in [-0.2, 0) is 11.3 Å². The van der Waals surface area contributed by atoms with Crippen LogP contribution in [0.2, 0.25) is 0 Å². The fraction of sp³-hybridized carbons (Fsp3) is 0.400. The Hall–Kier alpha value is -1.77. The molecule has 3 heteroatoms. The van der Waals surface area contributed by atoms with E-state index in [9.17, 15) is 4.79 Å². The lowest BCUT2D eigenvalue weighted by atomic mass is 10.2. The van der Waals surface area contributed by atoms with Crippen LogP contribution < -0.4 is 5.32 Å². The van der Waals surface area contributed by atoms with Crippen molar-refractivity contribution in [1.82, 2.24) is 9.88 Å². The Balaban J connectivity index is 2.12. The molecule has 2 rings (SSSR count). The fourth-order valence-corrected chi connectivity index (χ4v) is 2.25. The van der Waals surface area contributed by atoms with Gasteiger partial charge in [-0.15, -0.1) is 0 Å². The summed E-state index contributed by atoms with van der Waals surface area (Å²) in [6.07, 6.45) is 0.525. The summed E-state index contributed by atoms with van der Waals surface area (Å²) in [6, 6.07) is 10.6. The van der Waals surface area contributed by atoms with Crippen molar-refractivity contribution in [3.8, 4) is 0 Å². The fourth-order valence-electron chi connectivity index (χ4n) is 2.25. The molecule has 1 aromatic carbocycles. The molecule has 1 aromatic heterocycles. The van der Waals surface area contributed by atoms with Crippen LogP contribution in [0.4, 0.5) is 0 Å². The second-order valence-electron chi connectivity index (χ2n) is 4.97. The first-order valence-electron chi connectivity index (χ1n) is 6.42. The van der Waals surface area contributed by atoms with E-state index in [1.807, 2.05) is 26.0 Å². The maximum atomic E-state index is 11.7. The molecule has 0 unspecified atom stereocenters. The van der Waals surface area contributed by atoms with E-state index in [4.69, 9.17) is 0 Å². The predicted octanol–water partition coefficient (Wildman–Crippen LogP) is 2.86. The first-order valence-corrected chi connectivity index (χ1v) is 6.42. The summed E-state index contributed by atoms with van der Waals surface area (Å²) >= 11 is 0. The summed E-state index contributed by atoms with van der Waals surface area (Å²) in [5.74, 6) is 0.113. The van der Waals surface area contributed by atoms with E-state index in [1.165, 1.54) is 16.6 Å². The van der Waals surface area contributed by atoms with E-state index < -0.39 is 0 Å². The highest BCUT2D eigenvalue weighted by molar-refractivity contribution is 5.81. The number of hydrogen-bond donors (Lipinski definition) is 1. The smallest absolute Gasteiger partial charge is 0.221 e. The summed E-state index contributed by atoms with van der Waals surface area (Å²) in [4.78, 5) is 11.7. The van der Waals surface area contributed by atoms with E-state index in [-0.39, 0.29) is 11.9 Å². The SMILES string of the molecule is Cc1cc2ccccc2n1CCC(=O)NC(C)C. The maximum Gasteiger partial charge on any atom is 0.221 e. The number of fused-ring (bicyclic) bond motifs is 1. The van der Waals surface area contributed by atoms with Crippen LogP contribution >= 0.6 is 0 Å². The number of nitrogens with zero attached hydrogens (tertiary/aromatic N) is 1. The Morgan fingerprint density at radius 1 is 1.33 bits per heavy atom. The Bertz CT molecular complexity index is 555. The summed E-state index contributed by atoms with van der Waals surface area (Å²) in [7, 11) is 0. The summed E-state index contributed by atoms with van der Waals surface area (Å²) < 4.78 is 2.20. The number of nitrogens with one attached hydrogen (secondary N) is 1. The highest BCUT2D eigenvalue weighted by Gasteiger charge is 2.08. The quantitative estimate of drug-likeness (QED) is 0.881. The van der Waals surface area contributed by atoms with Crippen LogP contribution in [0.15, 0.2) is 30.3 Å². The van der Waals surface area contributed by atoms with E-state index in [1.54, 1.807) is 0 Å². The van der Waals surface area contributed by atoms with Gasteiger partial charge in [-0.2, -0.15) is 0 Å². The lowest BCUT2D eigenvalue weighted by molar-refractivity contribution is -0.121. The third-order valence-electron chi connectivity index (χ3n) is 3.03. The van der Waals surface area contributed by atoms with Crippen LogP contribution in [0.5, 0.6) is 0 Å². The van der Waals surface area contributed by atoms with Crippen molar-refractivity contribution in [1.29, 1.82) is 0 Å². The average Bonchev–Trinajstić information content (AvgIpc) is 2.61. The molecule has 0 bridgehead atoms. The number of carbonyl (C=O) groups is 1. The molecule has 0 aliphatic heterocycles. The topological polar surface area (TPSA) is 34.0 Å². The summed E-state index contributed by atoms with van der Waals surface area (Å²) in [6.45, 7) is 6.78. The van der Waals surface area contributed by atoms with Crippen LogP contribution in [0.25, 0.3) is 10.9 Å². The molecular formula is C15H20N2O. The standard InChI is InChI=1S/C15H20N2O/c1-11(2)16-15(18)8-9-17-12(3)10-13-6-4-5-7-14(13)17/h4-7,10-11H,8-9H2,1-3H3,(H,16,18). The highest BCUT2D eigenvalue weighted by atomic mass is 16.1. The normalized spacial score (nSPS) is 11.1. The van der Waals surface area contributed by atoms with Crippen LogP contribution in [-0.4, -0.2) is 16.5 Å². The number of aryl methyl sites for hydroxylation is 2. The van der Waals surface area contributed by atoms with Crippen molar-refractivity contribution < 1.29 is 4.79 Å². The van der Waals surface area contributed by atoms with Gasteiger partial charge in [0.2, 0.25) is 5.91 Å². The van der Waals surface area contributed by atoms with E-state index in [0.29, 0.717) is 6.42 Å². The largest absolute Gasteiger partial charge is 0.354 e. The second-order valence-corrected chi connectivity index (χ2v) is 4.97. The highest BCUT2D eigenvalue weighted by Crippen LogP contribution is 2.19. The molecule has 0 aliphatic carbocycles. The molecule has 0 saturated carbocycles. The summed E-state index contributed by atoms with van der Waals surface area (Å²) in [5.41, 5.74) is 2.40. The molecule has 1 amide bonds. The molecule has 0 spiro atoms. The summed E-state index contributed by atoms with van der Waals surface area (Å²) in [5, 5.41) is 4.16. The van der Waals surface area contributed by atoms with Gasteiger partial charge in [-0.05, 0) is 38.3 Å². The average molecular weight is 244 g/mol. The molecule has 0 radical (unpaired) electrons. The zero-order valence-electron chi connectivity index (χ0n) is 11.2. The number of para-hydroxylation sites is 1. The van der Waals surface area contributed by atoms with Crippen molar-refractivity contribution >= 4 is 16.8 Å². The first kappa shape index (κ1) is 12.7. The van der Waals surface area contributed by atoms with Gasteiger partial charge in [-0.3, -0.25) is 4.79 Å². The molecule has 96 valence electrons. The lowest BCUT2D eigenvalue weighted by Gasteiger charge is -2.10. The maximum absolute atomic E-state index is 11.7. The first-order chi connectivity index (χ1) is 8.58. The van der Waals surface area contributed by atoms with Gasteiger partial charge in [0.25, 0.3) is 0 Å². The Kier molecular flexibility index (Phi) is 3.70. The zero-order chi connectivity index (χ0) is 13.1. The molecular weight excluding hydrogens is 224 g/mol. The van der Waals surface area contributed by atoms with E-state index >= 15 is 0 Å². The Morgan fingerprint density at radius 2 is 2.06 bits per heavy atom. The van der Waals surface area contributed by atoms with Gasteiger partial charge < -0.3 is 9.88 Å². The van der Waals surface area contributed by atoms with Gasteiger partial charge in [0.1, 0.15) is 0 Å². The van der Waals surface area contributed by atoms with Crippen molar-refractivity contribution in [2.75, 3.05) is 0 Å². The van der Waals surface area contributed by atoms with Crippen LogP contribution in [0, 0.1) is 6.92 Å². The Labute approximate surface area is 108 Å². The second kappa shape index (κ2) is 5.25. The number of rotatable bonds is 4. The molecule has 3 nitrogen and oxygen atoms in total. The van der Waals surface area contributed by atoms with Gasteiger partial charge in [-0.25, -0.2) is 0 Å². The molecule has 1 N–H and O–H groups in total. The van der Waals surface area contributed by atoms with Crippen molar-refractivity contribution in [3.05, 3.63) is 36.0 Å². The number of aromatic nitrogens is 1. The molecule has 0 atom stereocenters. The molecule has 0 fully saturated rings. The lowest BCUT2D eigenvalue weighted by Crippen LogP contribution is -2.30. The van der Waals surface area contributed by atoms with E-state index in [0.717, 1.165) is 6.54 Å². The third kappa shape index (κ3) is 2.73. The van der Waals surface area contributed by atoms with Gasteiger partial charge >= 0.3 is 0 Å². The van der Waals surface area contributed by atoms with Crippen molar-refractivity contribution in [2.24, 2.45) is 0 Å². The number of amides is 1. The van der Waals surface area contributed by atoms with Gasteiger partial charge in [0.05, 0.1) is 0 Å². The van der Waals surface area contributed by atoms with Gasteiger partial charge in [-0.1, -0.05) is 18.2 Å². The molecule has 2 aromatic rings.